The predicted molar refractivity (Wildman–Crippen MR) is 123 cm³/mol. The van der Waals surface area contributed by atoms with Crippen LogP contribution >= 0.6 is 35.0 Å². The Labute approximate surface area is 193 Å². The van der Waals surface area contributed by atoms with E-state index in [1.54, 1.807) is 42.5 Å². The maximum atomic E-state index is 12.4. The highest BCUT2D eigenvalue weighted by Crippen LogP contribution is 2.35. The van der Waals surface area contributed by atoms with Gasteiger partial charge in [0.25, 0.3) is 5.91 Å². The number of rotatable bonds is 8. The number of thioether (sulfide) groups is 1. The van der Waals surface area contributed by atoms with E-state index >= 15 is 0 Å². The Hall–Kier alpha value is -2.68. The standard InChI is InChI=1S/C21H18Cl2N2O5S/c1-2-29-16-10-12(6-7-15(16)30-9-8-18(26)27)11-17-20(28)25-21(31-17)24-14-5-3-4-13(22)19(14)23/h3-7,10-11H,2,8-9H2,1H3,(H,26,27)(H,24,25,28)/b17-11+. The van der Waals surface area contributed by atoms with E-state index in [0.29, 0.717) is 49.5 Å². The molecule has 2 N–H and O–H groups in total. The predicted octanol–water partition coefficient (Wildman–Crippen LogP) is 5.14. The largest absolute Gasteiger partial charge is 0.490 e. The third kappa shape index (κ3) is 6.16. The van der Waals surface area contributed by atoms with Gasteiger partial charge in [-0.15, -0.1) is 0 Å². The highest BCUT2D eigenvalue weighted by atomic mass is 35.5. The third-order valence-electron chi connectivity index (χ3n) is 3.94. The second-order valence-electron chi connectivity index (χ2n) is 6.19. The van der Waals surface area contributed by atoms with E-state index in [0.717, 1.165) is 0 Å². The van der Waals surface area contributed by atoms with Crippen LogP contribution in [0.2, 0.25) is 10.0 Å². The molecule has 0 unspecified atom stereocenters. The molecule has 1 aliphatic heterocycles. The number of hydrogen-bond donors (Lipinski definition) is 2. The third-order valence-corrected chi connectivity index (χ3v) is 5.66. The summed E-state index contributed by atoms with van der Waals surface area (Å²) in [6.07, 6.45) is 1.58. The van der Waals surface area contributed by atoms with Crippen molar-refractivity contribution in [2.24, 2.45) is 4.99 Å². The number of halogens is 2. The molecule has 162 valence electrons. The normalized spacial score (nSPS) is 15.9. The number of aliphatic carboxylic acids is 1. The Bertz CT molecular complexity index is 1070. The van der Waals surface area contributed by atoms with Gasteiger partial charge in [0.2, 0.25) is 0 Å². The van der Waals surface area contributed by atoms with Gasteiger partial charge in [0, 0.05) is 0 Å². The molecule has 0 saturated carbocycles. The van der Waals surface area contributed by atoms with E-state index in [9.17, 15) is 9.59 Å². The average Bonchev–Trinajstić information content (AvgIpc) is 3.06. The molecule has 31 heavy (non-hydrogen) atoms. The highest BCUT2D eigenvalue weighted by Gasteiger charge is 2.24. The molecule has 0 aromatic heterocycles. The van der Waals surface area contributed by atoms with Gasteiger partial charge in [-0.2, -0.15) is 0 Å². The van der Waals surface area contributed by atoms with Crippen LogP contribution in [0, 0.1) is 0 Å². The summed E-state index contributed by atoms with van der Waals surface area (Å²) in [5.41, 5.74) is 1.17. The smallest absolute Gasteiger partial charge is 0.306 e. The number of amides is 1. The Morgan fingerprint density at radius 3 is 2.77 bits per heavy atom. The van der Waals surface area contributed by atoms with Gasteiger partial charge >= 0.3 is 5.97 Å². The van der Waals surface area contributed by atoms with Gasteiger partial charge in [-0.3, -0.25) is 9.59 Å². The summed E-state index contributed by atoms with van der Waals surface area (Å²) >= 11 is 13.3. The van der Waals surface area contributed by atoms with Gasteiger partial charge in [-0.1, -0.05) is 35.3 Å². The number of carbonyl (C=O) groups is 2. The topological polar surface area (TPSA) is 97.2 Å². The molecule has 0 bridgehead atoms. The average molecular weight is 481 g/mol. The minimum absolute atomic E-state index is 0.0278. The molecule has 1 aliphatic rings. The molecule has 10 heteroatoms. The summed E-state index contributed by atoms with van der Waals surface area (Å²) in [4.78, 5) is 27.8. The van der Waals surface area contributed by atoms with E-state index in [1.807, 2.05) is 6.92 Å². The lowest BCUT2D eigenvalue weighted by atomic mass is 10.2. The molecule has 0 radical (unpaired) electrons. The molecule has 1 saturated heterocycles. The number of nitrogens with one attached hydrogen (secondary N) is 1. The van der Waals surface area contributed by atoms with Crippen LogP contribution in [0.15, 0.2) is 46.3 Å². The lowest BCUT2D eigenvalue weighted by Gasteiger charge is -2.12. The number of carboxylic acids is 1. The first-order valence-electron chi connectivity index (χ1n) is 9.22. The van der Waals surface area contributed by atoms with Crippen LogP contribution < -0.4 is 14.8 Å². The van der Waals surface area contributed by atoms with Gasteiger partial charge in [0.15, 0.2) is 16.7 Å². The number of carbonyl (C=O) groups excluding carboxylic acids is 1. The van der Waals surface area contributed by atoms with Crippen molar-refractivity contribution in [1.29, 1.82) is 0 Å². The van der Waals surface area contributed by atoms with Gasteiger partial charge in [0.1, 0.15) is 0 Å². The second-order valence-corrected chi connectivity index (χ2v) is 8.00. The fourth-order valence-corrected chi connectivity index (χ4v) is 3.74. The number of amidine groups is 1. The molecule has 2 aromatic carbocycles. The highest BCUT2D eigenvalue weighted by molar-refractivity contribution is 8.18. The van der Waals surface area contributed by atoms with Crippen molar-refractivity contribution in [2.45, 2.75) is 13.3 Å². The van der Waals surface area contributed by atoms with E-state index in [4.69, 9.17) is 37.8 Å². The molecule has 1 fully saturated rings. The minimum atomic E-state index is -0.944. The maximum Gasteiger partial charge on any atom is 0.306 e. The zero-order valence-electron chi connectivity index (χ0n) is 16.4. The molecule has 7 nitrogen and oxygen atoms in total. The fourth-order valence-electron chi connectivity index (χ4n) is 2.57. The van der Waals surface area contributed by atoms with Crippen LogP contribution in [0.1, 0.15) is 18.9 Å². The number of hydrogen-bond acceptors (Lipinski definition) is 6. The Kier molecular flexibility index (Phi) is 7.84. The van der Waals surface area contributed by atoms with Gasteiger partial charge in [0.05, 0.1) is 40.3 Å². The molecule has 3 rings (SSSR count). The van der Waals surface area contributed by atoms with Crippen molar-refractivity contribution in [2.75, 3.05) is 13.2 Å². The summed E-state index contributed by atoms with van der Waals surface area (Å²) in [7, 11) is 0. The maximum absolute atomic E-state index is 12.4. The van der Waals surface area contributed by atoms with Crippen LogP contribution in [0.5, 0.6) is 11.5 Å². The Morgan fingerprint density at radius 1 is 1.23 bits per heavy atom. The molecule has 0 spiro atoms. The number of ether oxygens (including phenoxy) is 2. The Morgan fingerprint density at radius 2 is 2.03 bits per heavy atom. The molecular formula is C21H18Cl2N2O5S. The van der Waals surface area contributed by atoms with Crippen molar-refractivity contribution in [3.8, 4) is 11.5 Å². The van der Waals surface area contributed by atoms with Gasteiger partial charge in [-0.25, -0.2) is 4.99 Å². The van der Waals surface area contributed by atoms with Crippen molar-refractivity contribution in [1.82, 2.24) is 5.32 Å². The van der Waals surface area contributed by atoms with Gasteiger partial charge in [-0.05, 0) is 54.6 Å². The molecule has 0 atom stereocenters. The van der Waals surface area contributed by atoms with E-state index < -0.39 is 5.97 Å². The van der Waals surface area contributed by atoms with E-state index in [-0.39, 0.29) is 18.9 Å². The SMILES string of the molecule is CCOc1cc(/C=C2/SC(=Nc3cccc(Cl)c3Cl)NC2=O)ccc1OCCC(=O)O. The lowest BCUT2D eigenvalue weighted by Crippen LogP contribution is -2.19. The molecule has 0 aliphatic carbocycles. The zero-order chi connectivity index (χ0) is 22.4. The number of nitrogens with zero attached hydrogens (tertiary/aromatic N) is 1. The van der Waals surface area contributed by atoms with Crippen LogP contribution in [-0.4, -0.2) is 35.4 Å². The summed E-state index contributed by atoms with van der Waals surface area (Å²) in [6.45, 7) is 2.26. The zero-order valence-corrected chi connectivity index (χ0v) is 18.7. The molecule has 1 amide bonds. The fraction of sp³-hybridized carbons (Fsp3) is 0.190. The van der Waals surface area contributed by atoms with Crippen molar-refractivity contribution >= 4 is 63.8 Å². The quantitative estimate of drug-likeness (QED) is 0.507. The van der Waals surface area contributed by atoms with Crippen LogP contribution in [0.3, 0.4) is 0 Å². The van der Waals surface area contributed by atoms with Crippen molar-refractivity contribution in [3.05, 3.63) is 56.9 Å². The lowest BCUT2D eigenvalue weighted by molar-refractivity contribution is -0.137. The molecular weight excluding hydrogens is 463 g/mol. The summed E-state index contributed by atoms with van der Waals surface area (Å²) in [5.74, 6) is -0.335. The summed E-state index contributed by atoms with van der Waals surface area (Å²) in [6, 6.07) is 10.2. The Balaban J connectivity index is 1.79. The number of carboxylic acid groups (broad SMARTS) is 1. The summed E-state index contributed by atoms with van der Waals surface area (Å²) in [5, 5.41) is 12.5. The van der Waals surface area contributed by atoms with Crippen LogP contribution in [0.25, 0.3) is 6.08 Å². The van der Waals surface area contributed by atoms with Crippen LogP contribution in [-0.2, 0) is 9.59 Å². The first-order chi connectivity index (χ1) is 14.9. The first kappa shape index (κ1) is 23.0. The molecule has 2 aromatic rings. The van der Waals surface area contributed by atoms with Crippen molar-refractivity contribution < 1.29 is 24.2 Å². The van der Waals surface area contributed by atoms with Gasteiger partial charge < -0.3 is 19.9 Å². The number of benzene rings is 2. The van der Waals surface area contributed by atoms with Crippen molar-refractivity contribution in [3.63, 3.8) is 0 Å². The minimum Gasteiger partial charge on any atom is -0.490 e. The van der Waals surface area contributed by atoms with E-state index in [2.05, 4.69) is 10.3 Å². The monoisotopic (exact) mass is 480 g/mol. The molecule has 1 heterocycles. The first-order valence-corrected chi connectivity index (χ1v) is 10.8. The van der Waals surface area contributed by atoms with Crippen LogP contribution in [0.4, 0.5) is 5.69 Å². The summed E-state index contributed by atoms with van der Waals surface area (Å²) < 4.78 is 11.1. The number of aliphatic imine (C=N–C) groups is 1. The second kappa shape index (κ2) is 10.6. The van der Waals surface area contributed by atoms with E-state index in [1.165, 1.54) is 11.8 Å².